The second-order valence-electron chi connectivity index (χ2n) is 8.38. The van der Waals surface area contributed by atoms with Gasteiger partial charge in [-0.05, 0) is 58.2 Å². The molecule has 2 rings (SSSR count). The normalized spacial score (nSPS) is 13.3. The summed E-state index contributed by atoms with van der Waals surface area (Å²) in [6.45, 7) is 11.2. The number of anilines is 1. The molecule has 2 atom stereocenters. The van der Waals surface area contributed by atoms with E-state index in [1.165, 1.54) is 0 Å². The number of ether oxygens (including phenoxy) is 2. The Morgan fingerprint density at radius 1 is 0.967 bits per heavy atom. The van der Waals surface area contributed by atoms with Crippen molar-refractivity contribution in [2.75, 3.05) is 5.32 Å². The number of benzene rings is 2. The van der Waals surface area contributed by atoms with E-state index in [0.29, 0.717) is 6.61 Å². The molecule has 0 saturated carbocycles. The zero-order valence-electron chi connectivity index (χ0n) is 18.6. The number of carbonyl (C=O) groups is 2. The van der Waals surface area contributed by atoms with Crippen molar-refractivity contribution in [3.8, 4) is 0 Å². The highest BCUT2D eigenvalue weighted by Gasteiger charge is 2.30. The van der Waals surface area contributed by atoms with E-state index >= 15 is 0 Å². The van der Waals surface area contributed by atoms with Gasteiger partial charge in [-0.3, -0.25) is 4.79 Å². The maximum absolute atomic E-state index is 13.1. The van der Waals surface area contributed by atoms with E-state index in [2.05, 4.69) is 10.6 Å². The summed E-state index contributed by atoms with van der Waals surface area (Å²) < 4.78 is 11.3. The number of alkyl carbamates (subject to hydrolysis) is 1. The van der Waals surface area contributed by atoms with E-state index in [-0.39, 0.29) is 5.91 Å². The van der Waals surface area contributed by atoms with Crippen LogP contribution in [0.3, 0.4) is 0 Å². The Hall–Kier alpha value is -2.86. The number of para-hydroxylation sites is 1. The van der Waals surface area contributed by atoms with Crippen LogP contribution in [0.15, 0.2) is 48.5 Å². The van der Waals surface area contributed by atoms with Crippen LogP contribution < -0.4 is 10.6 Å². The first-order chi connectivity index (χ1) is 14.1. The molecule has 0 unspecified atom stereocenters. The maximum atomic E-state index is 13.1. The molecule has 2 aromatic carbocycles. The number of hydrogen-bond donors (Lipinski definition) is 2. The third kappa shape index (κ3) is 7.19. The van der Waals surface area contributed by atoms with Crippen LogP contribution in [0.4, 0.5) is 10.5 Å². The van der Waals surface area contributed by atoms with Gasteiger partial charge in [-0.25, -0.2) is 4.79 Å². The van der Waals surface area contributed by atoms with Crippen LogP contribution in [0.2, 0.25) is 0 Å². The molecule has 0 saturated heterocycles. The molecule has 0 heterocycles. The Morgan fingerprint density at radius 2 is 1.57 bits per heavy atom. The number of rotatable bonds is 7. The molecular weight excluding hydrogens is 380 g/mol. The van der Waals surface area contributed by atoms with Gasteiger partial charge in [0.25, 0.3) is 0 Å². The molecule has 0 aliphatic heterocycles. The molecule has 0 bridgehead atoms. The first kappa shape index (κ1) is 23.4. The van der Waals surface area contributed by atoms with E-state index in [0.717, 1.165) is 22.4 Å². The van der Waals surface area contributed by atoms with Gasteiger partial charge in [-0.2, -0.15) is 0 Å². The van der Waals surface area contributed by atoms with Gasteiger partial charge in [0.2, 0.25) is 5.91 Å². The molecule has 2 N–H and O–H groups in total. The average Bonchev–Trinajstić information content (AvgIpc) is 2.66. The zero-order valence-corrected chi connectivity index (χ0v) is 18.6. The van der Waals surface area contributed by atoms with Crippen LogP contribution >= 0.6 is 0 Å². The molecular formula is C24H32N2O4. The van der Waals surface area contributed by atoms with Gasteiger partial charge in [-0.1, -0.05) is 48.5 Å². The lowest BCUT2D eigenvalue weighted by Gasteiger charge is -2.27. The quantitative estimate of drug-likeness (QED) is 0.689. The van der Waals surface area contributed by atoms with E-state index < -0.39 is 23.8 Å². The summed E-state index contributed by atoms with van der Waals surface area (Å²) in [7, 11) is 0. The highest BCUT2D eigenvalue weighted by atomic mass is 16.6. The fourth-order valence-electron chi connectivity index (χ4n) is 2.94. The molecule has 6 nitrogen and oxygen atoms in total. The molecule has 2 aromatic rings. The molecule has 0 spiro atoms. The highest BCUT2D eigenvalue weighted by molar-refractivity contribution is 5.98. The highest BCUT2D eigenvalue weighted by Crippen LogP contribution is 2.20. The van der Waals surface area contributed by atoms with E-state index in [1.807, 2.05) is 62.4 Å². The summed E-state index contributed by atoms with van der Waals surface area (Å²) in [6.07, 6.45) is -1.25. The third-order valence-corrected chi connectivity index (χ3v) is 4.51. The predicted octanol–water partition coefficient (Wildman–Crippen LogP) is 4.74. The first-order valence-electron chi connectivity index (χ1n) is 10.1. The Morgan fingerprint density at radius 3 is 2.13 bits per heavy atom. The molecule has 0 aliphatic rings. The molecule has 0 fully saturated rings. The lowest BCUT2D eigenvalue weighted by Crippen LogP contribution is -2.52. The average molecular weight is 413 g/mol. The largest absolute Gasteiger partial charge is 0.444 e. The maximum Gasteiger partial charge on any atom is 0.408 e. The van der Waals surface area contributed by atoms with Gasteiger partial charge in [0, 0.05) is 5.69 Å². The number of hydrogen-bond acceptors (Lipinski definition) is 4. The third-order valence-electron chi connectivity index (χ3n) is 4.51. The lowest BCUT2D eigenvalue weighted by atomic mass is 10.1. The number of nitrogens with one attached hydrogen (secondary N) is 2. The van der Waals surface area contributed by atoms with Crippen LogP contribution in [-0.2, 0) is 20.9 Å². The fourth-order valence-corrected chi connectivity index (χ4v) is 2.94. The minimum atomic E-state index is -0.928. The second kappa shape index (κ2) is 10.3. The Labute approximate surface area is 179 Å². The summed E-state index contributed by atoms with van der Waals surface area (Å²) in [5.41, 5.74) is 2.92. The smallest absolute Gasteiger partial charge is 0.408 e. The van der Waals surface area contributed by atoms with Crippen LogP contribution in [0.5, 0.6) is 0 Å². The van der Waals surface area contributed by atoms with Gasteiger partial charge in [0.05, 0.1) is 12.7 Å². The summed E-state index contributed by atoms with van der Waals surface area (Å²) >= 11 is 0. The van der Waals surface area contributed by atoms with Gasteiger partial charge >= 0.3 is 6.09 Å². The van der Waals surface area contributed by atoms with E-state index in [4.69, 9.17) is 9.47 Å². The second-order valence-corrected chi connectivity index (χ2v) is 8.38. The van der Waals surface area contributed by atoms with Crippen molar-refractivity contribution >= 4 is 17.7 Å². The molecule has 2 amide bonds. The molecule has 6 heteroatoms. The topological polar surface area (TPSA) is 76.7 Å². The Balaban J connectivity index is 2.16. The van der Waals surface area contributed by atoms with Gasteiger partial charge < -0.3 is 20.1 Å². The number of aryl methyl sites for hydroxylation is 2. The molecule has 0 aromatic heterocycles. The van der Waals surface area contributed by atoms with Crippen LogP contribution in [0.25, 0.3) is 0 Å². The monoisotopic (exact) mass is 412 g/mol. The van der Waals surface area contributed by atoms with Crippen molar-refractivity contribution in [1.82, 2.24) is 5.32 Å². The fraction of sp³-hybridized carbons (Fsp3) is 0.417. The Kier molecular flexibility index (Phi) is 8.00. The van der Waals surface area contributed by atoms with E-state index in [9.17, 15) is 9.59 Å². The van der Waals surface area contributed by atoms with Gasteiger partial charge in [-0.15, -0.1) is 0 Å². The lowest BCUT2D eigenvalue weighted by molar-refractivity contribution is -0.122. The van der Waals surface area contributed by atoms with Crippen LogP contribution in [-0.4, -0.2) is 29.7 Å². The number of amides is 2. The number of carbonyl (C=O) groups excluding carboxylic acids is 2. The van der Waals surface area contributed by atoms with E-state index in [1.54, 1.807) is 27.7 Å². The molecule has 162 valence electrons. The molecule has 0 aliphatic carbocycles. The van der Waals surface area contributed by atoms with Crippen molar-refractivity contribution in [3.05, 3.63) is 65.2 Å². The van der Waals surface area contributed by atoms with Crippen molar-refractivity contribution in [2.24, 2.45) is 0 Å². The summed E-state index contributed by atoms with van der Waals surface area (Å²) in [5.74, 6) is -0.362. The molecule has 30 heavy (non-hydrogen) atoms. The molecule has 0 radical (unpaired) electrons. The first-order valence-corrected chi connectivity index (χ1v) is 10.1. The Bertz CT molecular complexity index is 839. The SMILES string of the molecule is Cc1cccc(C)c1NC(=O)[C@@H](NC(=O)OC(C)(C)C)[C@@H](C)OCc1ccccc1. The zero-order chi connectivity index (χ0) is 22.3. The minimum Gasteiger partial charge on any atom is -0.444 e. The van der Waals surface area contributed by atoms with Gasteiger partial charge in [0.1, 0.15) is 11.6 Å². The van der Waals surface area contributed by atoms with Crippen molar-refractivity contribution in [3.63, 3.8) is 0 Å². The summed E-state index contributed by atoms with van der Waals surface area (Å²) in [4.78, 5) is 25.5. The van der Waals surface area contributed by atoms with Crippen LogP contribution in [0, 0.1) is 13.8 Å². The van der Waals surface area contributed by atoms with Crippen molar-refractivity contribution in [2.45, 2.75) is 65.9 Å². The minimum absolute atomic E-state index is 0.325. The summed E-state index contributed by atoms with van der Waals surface area (Å²) in [5, 5.41) is 5.61. The van der Waals surface area contributed by atoms with Crippen LogP contribution in [0.1, 0.15) is 44.4 Å². The summed E-state index contributed by atoms with van der Waals surface area (Å²) in [6, 6.07) is 14.5. The predicted molar refractivity (Wildman–Crippen MR) is 118 cm³/mol. The van der Waals surface area contributed by atoms with Crippen molar-refractivity contribution in [1.29, 1.82) is 0 Å². The van der Waals surface area contributed by atoms with Crippen molar-refractivity contribution < 1.29 is 19.1 Å². The van der Waals surface area contributed by atoms with Gasteiger partial charge in [0.15, 0.2) is 0 Å². The standard InChI is InChI=1S/C24H32N2O4/c1-16-11-10-12-17(2)20(16)25-22(27)21(26-23(28)30-24(4,5)6)18(3)29-15-19-13-8-7-9-14-19/h7-14,18,21H,15H2,1-6H3,(H,25,27)(H,26,28)/t18-,21+/m1/s1.